The molecule has 1 aromatic heterocycles. The summed E-state index contributed by atoms with van der Waals surface area (Å²) < 4.78 is 0. The topological polar surface area (TPSA) is 92.4 Å². The van der Waals surface area contributed by atoms with Gasteiger partial charge in [0.2, 0.25) is 5.91 Å². The summed E-state index contributed by atoms with van der Waals surface area (Å²) in [5.41, 5.74) is 7.69. The number of amides is 1. The minimum absolute atomic E-state index is 0.127. The van der Waals surface area contributed by atoms with E-state index < -0.39 is 0 Å². The molecule has 1 heterocycles. The third-order valence-corrected chi connectivity index (χ3v) is 4.52. The van der Waals surface area contributed by atoms with E-state index in [0.29, 0.717) is 18.3 Å². The van der Waals surface area contributed by atoms with Gasteiger partial charge < -0.3 is 16.4 Å². The first-order chi connectivity index (χ1) is 12.7. The number of benzene rings is 1. The minimum Gasteiger partial charge on any atom is -0.370 e. The highest BCUT2D eigenvalue weighted by atomic mass is 16.1. The summed E-state index contributed by atoms with van der Waals surface area (Å²) in [6.07, 6.45) is 7.21. The zero-order valence-corrected chi connectivity index (χ0v) is 14.8. The van der Waals surface area contributed by atoms with Crippen molar-refractivity contribution >= 4 is 23.4 Å². The highest BCUT2D eigenvalue weighted by Crippen LogP contribution is 2.25. The van der Waals surface area contributed by atoms with Crippen molar-refractivity contribution in [2.24, 2.45) is 16.6 Å². The molecule has 0 unspecified atom stereocenters. The Morgan fingerprint density at radius 2 is 1.96 bits per heavy atom. The molecule has 0 spiro atoms. The molecule has 0 radical (unpaired) electrons. The number of hydrogen-bond acceptors (Lipinski definition) is 3. The molecule has 0 aliphatic heterocycles. The fraction of sp³-hybridized carbons (Fsp3) is 0.350. The van der Waals surface area contributed by atoms with Crippen molar-refractivity contribution in [3.63, 3.8) is 0 Å². The molecule has 1 fully saturated rings. The van der Waals surface area contributed by atoms with Crippen LogP contribution in [-0.2, 0) is 11.3 Å². The van der Waals surface area contributed by atoms with Gasteiger partial charge in [0.1, 0.15) is 5.82 Å². The molecule has 1 saturated carbocycles. The van der Waals surface area contributed by atoms with Crippen LogP contribution >= 0.6 is 0 Å². The fourth-order valence-corrected chi connectivity index (χ4v) is 3.14. The molecule has 0 bridgehead atoms. The molecule has 3 rings (SSSR count). The van der Waals surface area contributed by atoms with Crippen molar-refractivity contribution in [2.45, 2.75) is 38.6 Å². The lowest BCUT2D eigenvalue weighted by Gasteiger charge is -2.20. The fourth-order valence-electron chi connectivity index (χ4n) is 3.14. The molecule has 4 N–H and O–H groups in total. The van der Waals surface area contributed by atoms with Crippen LogP contribution in [0, 0.1) is 5.92 Å². The zero-order chi connectivity index (χ0) is 18.2. The van der Waals surface area contributed by atoms with E-state index >= 15 is 0 Å². The number of nitrogens with one attached hydrogen (secondary N) is 2. The number of rotatable bonds is 5. The number of aliphatic imine (C=N–C) groups is 1. The monoisotopic (exact) mass is 351 g/mol. The highest BCUT2D eigenvalue weighted by Gasteiger charge is 2.20. The number of carbonyl (C=O) groups is 1. The van der Waals surface area contributed by atoms with Gasteiger partial charge in [0.15, 0.2) is 5.96 Å². The second-order valence-electron chi connectivity index (χ2n) is 6.57. The first-order valence-electron chi connectivity index (χ1n) is 9.08. The van der Waals surface area contributed by atoms with Crippen LogP contribution in [0.15, 0.2) is 53.7 Å². The maximum atomic E-state index is 12.4. The van der Waals surface area contributed by atoms with Crippen LogP contribution in [0.25, 0.3) is 0 Å². The van der Waals surface area contributed by atoms with Gasteiger partial charge in [-0.3, -0.25) is 4.79 Å². The van der Waals surface area contributed by atoms with Crippen LogP contribution in [0.2, 0.25) is 0 Å². The van der Waals surface area contributed by atoms with Gasteiger partial charge in [-0.05, 0) is 42.7 Å². The largest absolute Gasteiger partial charge is 0.370 e. The molecule has 6 heteroatoms. The normalized spacial score (nSPS) is 15.5. The summed E-state index contributed by atoms with van der Waals surface area (Å²) >= 11 is 0. The second kappa shape index (κ2) is 8.99. The Bertz CT molecular complexity index is 754. The lowest BCUT2D eigenvalue weighted by Crippen LogP contribution is -2.24. The number of nitrogens with two attached hydrogens (primary N) is 1. The van der Waals surface area contributed by atoms with Crippen molar-refractivity contribution in [1.82, 2.24) is 4.98 Å². The molecular weight excluding hydrogens is 326 g/mol. The lowest BCUT2D eigenvalue weighted by molar-refractivity contribution is -0.120. The smallest absolute Gasteiger partial charge is 0.227 e. The third kappa shape index (κ3) is 5.31. The third-order valence-electron chi connectivity index (χ3n) is 4.52. The predicted octanol–water partition coefficient (Wildman–Crippen LogP) is 3.53. The van der Waals surface area contributed by atoms with Gasteiger partial charge in [0.05, 0.1) is 6.54 Å². The summed E-state index contributed by atoms with van der Waals surface area (Å²) in [5, 5.41) is 5.98. The number of carbonyl (C=O) groups excluding carboxylic acids is 1. The van der Waals surface area contributed by atoms with E-state index in [1.807, 2.05) is 42.5 Å². The van der Waals surface area contributed by atoms with E-state index in [0.717, 1.165) is 36.9 Å². The van der Waals surface area contributed by atoms with Gasteiger partial charge in [-0.15, -0.1) is 0 Å². The van der Waals surface area contributed by atoms with E-state index in [1.165, 1.54) is 6.42 Å². The minimum atomic E-state index is 0.127. The van der Waals surface area contributed by atoms with Crippen molar-refractivity contribution in [3.05, 3.63) is 54.2 Å². The quantitative estimate of drug-likeness (QED) is 0.567. The number of guanidine groups is 1. The van der Waals surface area contributed by atoms with Crippen LogP contribution in [0.5, 0.6) is 0 Å². The SMILES string of the molecule is NC(=NCc1cccc(NC(=O)C2CCCCC2)c1)Nc1ccccn1. The molecule has 0 atom stereocenters. The van der Waals surface area contributed by atoms with Crippen LogP contribution < -0.4 is 16.4 Å². The standard InChI is InChI=1S/C20H25N5O/c21-20(25-18-11-4-5-12-22-18)23-14-15-7-6-10-17(13-15)24-19(26)16-8-2-1-3-9-16/h4-7,10-13,16H,1-3,8-9,14H2,(H,24,26)(H3,21,22,23,25). The molecule has 26 heavy (non-hydrogen) atoms. The number of hydrogen-bond donors (Lipinski definition) is 3. The Morgan fingerprint density at radius 3 is 2.73 bits per heavy atom. The van der Waals surface area contributed by atoms with E-state index in [-0.39, 0.29) is 11.8 Å². The van der Waals surface area contributed by atoms with Crippen LogP contribution in [0.3, 0.4) is 0 Å². The Hall–Kier alpha value is -2.89. The first kappa shape index (κ1) is 17.9. The van der Waals surface area contributed by atoms with Gasteiger partial charge in [0.25, 0.3) is 0 Å². The maximum Gasteiger partial charge on any atom is 0.227 e. The van der Waals surface area contributed by atoms with Crippen LogP contribution in [-0.4, -0.2) is 16.9 Å². The Kier molecular flexibility index (Phi) is 6.19. The lowest BCUT2D eigenvalue weighted by atomic mass is 9.88. The molecular formula is C20H25N5O. The summed E-state index contributed by atoms with van der Waals surface area (Å²) in [7, 11) is 0. The molecule has 1 aromatic carbocycles. The Morgan fingerprint density at radius 1 is 1.12 bits per heavy atom. The van der Waals surface area contributed by atoms with Crippen molar-refractivity contribution < 1.29 is 4.79 Å². The number of aromatic nitrogens is 1. The molecule has 6 nitrogen and oxygen atoms in total. The van der Waals surface area contributed by atoms with Crippen LogP contribution in [0.1, 0.15) is 37.7 Å². The Balaban J connectivity index is 1.56. The van der Waals surface area contributed by atoms with Crippen LogP contribution in [0.4, 0.5) is 11.5 Å². The summed E-state index contributed by atoms with van der Waals surface area (Å²) in [4.78, 5) is 20.8. The molecule has 136 valence electrons. The average molecular weight is 351 g/mol. The summed E-state index contributed by atoms with van der Waals surface area (Å²) in [5.74, 6) is 1.23. The van der Waals surface area contributed by atoms with E-state index in [9.17, 15) is 4.79 Å². The number of pyridine rings is 1. The number of nitrogens with zero attached hydrogens (tertiary/aromatic N) is 2. The van der Waals surface area contributed by atoms with Gasteiger partial charge in [0, 0.05) is 17.8 Å². The second-order valence-corrected chi connectivity index (χ2v) is 6.57. The zero-order valence-electron chi connectivity index (χ0n) is 14.8. The molecule has 1 amide bonds. The van der Waals surface area contributed by atoms with Gasteiger partial charge in [-0.2, -0.15) is 0 Å². The first-order valence-corrected chi connectivity index (χ1v) is 9.08. The summed E-state index contributed by atoms with van der Waals surface area (Å²) in [6, 6.07) is 13.3. The van der Waals surface area contributed by atoms with Gasteiger partial charge >= 0.3 is 0 Å². The summed E-state index contributed by atoms with van der Waals surface area (Å²) in [6.45, 7) is 0.429. The van der Waals surface area contributed by atoms with Crippen molar-refractivity contribution in [1.29, 1.82) is 0 Å². The highest BCUT2D eigenvalue weighted by molar-refractivity contribution is 5.93. The van der Waals surface area contributed by atoms with E-state index in [4.69, 9.17) is 5.73 Å². The van der Waals surface area contributed by atoms with Gasteiger partial charge in [-0.25, -0.2) is 9.98 Å². The van der Waals surface area contributed by atoms with Crippen molar-refractivity contribution in [3.8, 4) is 0 Å². The van der Waals surface area contributed by atoms with Crippen molar-refractivity contribution in [2.75, 3.05) is 10.6 Å². The molecule has 2 aromatic rings. The Labute approximate surface area is 153 Å². The molecule has 1 aliphatic rings. The predicted molar refractivity (Wildman–Crippen MR) is 105 cm³/mol. The van der Waals surface area contributed by atoms with E-state index in [2.05, 4.69) is 20.6 Å². The molecule has 0 saturated heterocycles. The maximum absolute atomic E-state index is 12.4. The average Bonchev–Trinajstić information content (AvgIpc) is 2.68. The van der Waals surface area contributed by atoms with Gasteiger partial charge in [-0.1, -0.05) is 37.5 Å². The number of anilines is 2. The molecule has 1 aliphatic carbocycles. The van der Waals surface area contributed by atoms with E-state index in [1.54, 1.807) is 6.20 Å².